The normalized spacial score (nSPS) is 17.0. The van der Waals surface area contributed by atoms with E-state index >= 15 is 0 Å². The van der Waals surface area contributed by atoms with Crippen molar-refractivity contribution in [2.75, 3.05) is 18.1 Å². The molecule has 1 amide bonds. The Morgan fingerprint density at radius 1 is 1.21 bits per heavy atom. The van der Waals surface area contributed by atoms with Crippen LogP contribution in [0.3, 0.4) is 0 Å². The minimum atomic E-state index is -0.284. The summed E-state index contributed by atoms with van der Waals surface area (Å²) in [6, 6.07) is 7.42. The lowest BCUT2D eigenvalue weighted by Crippen LogP contribution is -2.24. The number of rotatable bonds is 9. The number of unbranched alkanes of at least 4 members (excludes halogenated alkanes) is 3. The molecule has 1 unspecified atom stereocenters. The molecule has 5 nitrogen and oxygen atoms in total. The van der Waals surface area contributed by atoms with Crippen molar-refractivity contribution in [3.63, 3.8) is 0 Å². The Balaban J connectivity index is 1.87. The van der Waals surface area contributed by atoms with E-state index in [1.807, 2.05) is 24.3 Å². The zero-order valence-electron chi connectivity index (χ0n) is 14.6. The van der Waals surface area contributed by atoms with Crippen molar-refractivity contribution in [2.24, 2.45) is 0 Å². The molecule has 0 radical (unpaired) electrons. The second kappa shape index (κ2) is 9.30. The van der Waals surface area contributed by atoms with Gasteiger partial charge in [0.05, 0.1) is 19.6 Å². The first kappa shape index (κ1) is 18.3. The number of ether oxygens (including phenoxy) is 2. The van der Waals surface area contributed by atoms with Crippen molar-refractivity contribution in [2.45, 2.75) is 58.5 Å². The molecular formula is C19H27NO4. The molecule has 0 spiro atoms. The Bertz CT molecular complexity index is 541. The van der Waals surface area contributed by atoms with Crippen LogP contribution in [0.25, 0.3) is 0 Å². The molecule has 5 heteroatoms. The van der Waals surface area contributed by atoms with E-state index in [-0.39, 0.29) is 24.6 Å². The van der Waals surface area contributed by atoms with Crippen LogP contribution in [-0.2, 0) is 20.7 Å². The van der Waals surface area contributed by atoms with Gasteiger partial charge in [-0.3, -0.25) is 9.69 Å². The van der Waals surface area contributed by atoms with E-state index in [1.54, 1.807) is 11.8 Å². The molecule has 0 aromatic heterocycles. The van der Waals surface area contributed by atoms with Gasteiger partial charge in [-0.15, -0.1) is 0 Å². The number of anilines is 1. The summed E-state index contributed by atoms with van der Waals surface area (Å²) in [6.07, 6.45) is 5.58. The molecule has 1 aromatic rings. The van der Waals surface area contributed by atoms with Gasteiger partial charge in [0.2, 0.25) is 0 Å². The second-order valence-electron chi connectivity index (χ2n) is 6.11. The molecular weight excluding hydrogens is 306 g/mol. The molecule has 1 aliphatic rings. The lowest BCUT2D eigenvalue weighted by atomic mass is 10.1. The molecule has 2 rings (SSSR count). The zero-order valence-corrected chi connectivity index (χ0v) is 14.6. The maximum atomic E-state index is 12.1. The van der Waals surface area contributed by atoms with Crippen molar-refractivity contribution in [1.82, 2.24) is 0 Å². The highest BCUT2D eigenvalue weighted by molar-refractivity contribution is 5.89. The van der Waals surface area contributed by atoms with Crippen LogP contribution >= 0.6 is 0 Å². The summed E-state index contributed by atoms with van der Waals surface area (Å²) in [5.74, 6) is -0.238. The molecule has 0 bridgehead atoms. The Kier molecular flexibility index (Phi) is 7.09. The molecule has 1 aliphatic heterocycles. The molecule has 1 atom stereocenters. The van der Waals surface area contributed by atoms with E-state index in [2.05, 4.69) is 6.92 Å². The number of carbonyl (C=O) groups excluding carboxylic acids is 2. The first-order chi connectivity index (χ1) is 11.6. The predicted octanol–water partition coefficient (Wildman–Crippen LogP) is 4.09. The van der Waals surface area contributed by atoms with Gasteiger partial charge in [0.1, 0.15) is 6.10 Å². The summed E-state index contributed by atoms with van der Waals surface area (Å²) < 4.78 is 10.4. The van der Waals surface area contributed by atoms with E-state index in [9.17, 15) is 9.59 Å². The van der Waals surface area contributed by atoms with Crippen molar-refractivity contribution in [3.8, 4) is 0 Å². The van der Waals surface area contributed by atoms with Gasteiger partial charge in [-0.1, -0.05) is 38.3 Å². The van der Waals surface area contributed by atoms with E-state index in [1.165, 1.54) is 19.3 Å². The van der Waals surface area contributed by atoms with Gasteiger partial charge in [0, 0.05) is 5.69 Å². The first-order valence-electron chi connectivity index (χ1n) is 8.86. The summed E-state index contributed by atoms with van der Waals surface area (Å²) in [4.78, 5) is 25.2. The average Bonchev–Trinajstić information content (AvgIpc) is 2.93. The molecule has 0 N–H and O–H groups in total. The quantitative estimate of drug-likeness (QED) is 0.504. The third-order valence-electron chi connectivity index (χ3n) is 4.16. The number of carbonyl (C=O) groups is 2. The van der Waals surface area contributed by atoms with Crippen molar-refractivity contribution in [3.05, 3.63) is 29.8 Å². The molecule has 0 saturated carbocycles. The molecule has 1 fully saturated rings. The third-order valence-corrected chi connectivity index (χ3v) is 4.16. The molecule has 24 heavy (non-hydrogen) atoms. The topological polar surface area (TPSA) is 55.8 Å². The zero-order chi connectivity index (χ0) is 17.4. The number of hydrogen-bond donors (Lipinski definition) is 0. The summed E-state index contributed by atoms with van der Waals surface area (Å²) in [5, 5.41) is 0. The Morgan fingerprint density at radius 3 is 2.62 bits per heavy atom. The van der Waals surface area contributed by atoms with Gasteiger partial charge in [-0.25, -0.2) is 4.79 Å². The minimum absolute atomic E-state index is 0.0198. The number of nitrogens with zero attached hydrogens (tertiary/aromatic N) is 1. The fourth-order valence-corrected chi connectivity index (χ4v) is 2.85. The third kappa shape index (κ3) is 5.25. The Morgan fingerprint density at radius 2 is 1.96 bits per heavy atom. The largest absolute Gasteiger partial charge is 0.466 e. The van der Waals surface area contributed by atoms with Crippen molar-refractivity contribution in [1.29, 1.82) is 0 Å². The molecule has 1 heterocycles. The monoisotopic (exact) mass is 333 g/mol. The van der Waals surface area contributed by atoms with Crippen LogP contribution in [0.15, 0.2) is 24.3 Å². The van der Waals surface area contributed by atoms with Crippen LogP contribution in [0, 0.1) is 0 Å². The smallest absolute Gasteiger partial charge is 0.414 e. The fraction of sp³-hybridized carbons (Fsp3) is 0.579. The van der Waals surface area contributed by atoms with Crippen LogP contribution in [0.4, 0.5) is 10.5 Å². The number of hydrogen-bond acceptors (Lipinski definition) is 4. The van der Waals surface area contributed by atoms with Crippen LogP contribution in [0.5, 0.6) is 0 Å². The summed E-state index contributed by atoms with van der Waals surface area (Å²) in [5.41, 5.74) is 1.68. The summed E-state index contributed by atoms with van der Waals surface area (Å²) >= 11 is 0. The summed E-state index contributed by atoms with van der Waals surface area (Å²) in [7, 11) is 0. The lowest BCUT2D eigenvalue weighted by molar-refractivity contribution is -0.142. The maximum Gasteiger partial charge on any atom is 0.414 e. The average molecular weight is 333 g/mol. The van der Waals surface area contributed by atoms with Crippen molar-refractivity contribution >= 4 is 17.7 Å². The Labute approximate surface area is 143 Å². The molecule has 132 valence electrons. The standard InChI is InChI=1S/C19H27NO4/c1-3-5-6-7-8-17-14-20(19(22)24-17)16-11-9-15(10-12-16)13-18(21)23-4-2/h9-12,17H,3-8,13-14H2,1-2H3. The van der Waals surface area contributed by atoms with Gasteiger partial charge in [0.15, 0.2) is 0 Å². The number of benzene rings is 1. The van der Waals surface area contributed by atoms with Crippen LogP contribution in [-0.4, -0.2) is 31.3 Å². The van der Waals surface area contributed by atoms with E-state index in [0.29, 0.717) is 13.2 Å². The van der Waals surface area contributed by atoms with Gasteiger partial charge in [0.25, 0.3) is 0 Å². The highest BCUT2D eigenvalue weighted by Gasteiger charge is 2.31. The maximum absolute atomic E-state index is 12.1. The number of amides is 1. The van der Waals surface area contributed by atoms with Gasteiger partial charge in [-0.2, -0.15) is 0 Å². The first-order valence-corrected chi connectivity index (χ1v) is 8.86. The number of esters is 1. The molecule has 0 aliphatic carbocycles. The highest BCUT2D eigenvalue weighted by Crippen LogP contribution is 2.24. The second-order valence-corrected chi connectivity index (χ2v) is 6.11. The van der Waals surface area contributed by atoms with Gasteiger partial charge < -0.3 is 9.47 Å². The SMILES string of the molecule is CCCCCCC1CN(c2ccc(CC(=O)OCC)cc2)C(=O)O1. The van der Waals surface area contributed by atoms with E-state index < -0.39 is 0 Å². The van der Waals surface area contributed by atoms with Crippen molar-refractivity contribution < 1.29 is 19.1 Å². The lowest BCUT2D eigenvalue weighted by Gasteiger charge is -2.13. The highest BCUT2D eigenvalue weighted by atomic mass is 16.6. The van der Waals surface area contributed by atoms with E-state index in [0.717, 1.165) is 24.1 Å². The van der Waals surface area contributed by atoms with Gasteiger partial charge in [-0.05, 0) is 37.5 Å². The fourth-order valence-electron chi connectivity index (χ4n) is 2.85. The van der Waals surface area contributed by atoms with E-state index in [4.69, 9.17) is 9.47 Å². The summed E-state index contributed by atoms with van der Waals surface area (Å²) in [6.45, 7) is 4.96. The Hall–Kier alpha value is -2.04. The van der Waals surface area contributed by atoms with Crippen LogP contribution < -0.4 is 4.90 Å². The minimum Gasteiger partial charge on any atom is -0.466 e. The van der Waals surface area contributed by atoms with Crippen LogP contribution in [0.2, 0.25) is 0 Å². The van der Waals surface area contributed by atoms with Crippen LogP contribution in [0.1, 0.15) is 51.5 Å². The van der Waals surface area contributed by atoms with Gasteiger partial charge >= 0.3 is 12.1 Å². The molecule has 1 saturated heterocycles. The number of cyclic esters (lactones) is 1. The molecule has 1 aromatic carbocycles. The predicted molar refractivity (Wildman–Crippen MR) is 93.2 cm³/mol.